The number of hydrogen-bond acceptors (Lipinski definition) is 8. The van der Waals surface area contributed by atoms with E-state index in [0.29, 0.717) is 50.0 Å². The van der Waals surface area contributed by atoms with E-state index in [1.54, 1.807) is 18.2 Å². The zero-order valence-electron chi connectivity index (χ0n) is 16.3. The molecule has 0 amide bonds. The van der Waals surface area contributed by atoms with Crippen LogP contribution in [-0.2, 0) is 26.0 Å². The molecule has 1 N–H and O–H groups in total. The van der Waals surface area contributed by atoms with E-state index in [1.807, 2.05) is 6.07 Å². The minimum Gasteiger partial charge on any atom is -0.496 e. The molecule has 0 spiro atoms. The zero-order chi connectivity index (χ0) is 20.9. The molecule has 0 saturated carbocycles. The van der Waals surface area contributed by atoms with Gasteiger partial charge in [-0.15, -0.1) is 0 Å². The van der Waals surface area contributed by atoms with Crippen LogP contribution in [0.1, 0.15) is 15.9 Å². The molecule has 1 aliphatic rings. The molecular weight excluding hydrogens is 398 g/mol. The monoisotopic (exact) mass is 421 g/mol. The summed E-state index contributed by atoms with van der Waals surface area (Å²) in [6.07, 6.45) is 1.33. The van der Waals surface area contributed by atoms with Crippen LogP contribution < -0.4 is 10.1 Å². The van der Waals surface area contributed by atoms with Crippen LogP contribution in [0.2, 0.25) is 0 Å². The van der Waals surface area contributed by atoms with E-state index in [2.05, 4.69) is 10.3 Å². The second-order valence-corrected chi connectivity index (χ2v) is 8.21. The highest BCUT2D eigenvalue weighted by Gasteiger charge is 2.26. The fourth-order valence-corrected chi connectivity index (χ4v) is 4.25. The second-order valence-electron chi connectivity index (χ2n) is 6.28. The van der Waals surface area contributed by atoms with E-state index in [0.717, 1.165) is 5.56 Å². The predicted molar refractivity (Wildman–Crippen MR) is 105 cm³/mol. The van der Waals surface area contributed by atoms with Gasteiger partial charge in [-0.05, 0) is 29.8 Å². The summed E-state index contributed by atoms with van der Waals surface area (Å²) in [6.45, 7) is 1.84. The number of esters is 1. The molecule has 1 aromatic carbocycles. The molecule has 1 fully saturated rings. The van der Waals surface area contributed by atoms with Crippen LogP contribution in [0.3, 0.4) is 0 Å². The molecule has 29 heavy (non-hydrogen) atoms. The highest BCUT2D eigenvalue weighted by atomic mass is 32.2. The molecule has 2 heterocycles. The quantitative estimate of drug-likeness (QED) is 0.671. The summed E-state index contributed by atoms with van der Waals surface area (Å²) in [6, 6.07) is 8.31. The van der Waals surface area contributed by atoms with Gasteiger partial charge in [0, 0.05) is 25.8 Å². The Labute approximate surface area is 169 Å². The lowest BCUT2D eigenvalue weighted by Crippen LogP contribution is -2.40. The molecule has 1 aliphatic heterocycles. The van der Waals surface area contributed by atoms with E-state index < -0.39 is 16.0 Å². The normalized spacial score (nSPS) is 15.0. The smallest absolute Gasteiger partial charge is 0.341 e. The Morgan fingerprint density at radius 2 is 1.97 bits per heavy atom. The number of carbonyl (C=O) groups excluding carboxylic acids is 1. The summed E-state index contributed by atoms with van der Waals surface area (Å²) in [5.41, 5.74) is 1.15. The molecule has 1 aromatic heterocycles. The number of hydrogen-bond donors (Lipinski definition) is 1. The second kappa shape index (κ2) is 9.21. The molecular formula is C19H23N3O6S. The first-order valence-corrected chi connectivity index (χ1v) is 10.4. The number of sulfonamides is 1. The summed E-state index contributed by atoms with van der Waals surface area (Å²) in [5.74, 6) is 0.456. The number of benzene rings is 1. The standard InChI is InChI=1S/C19H23N3O6S/c1-26-17-5-3-14(11-16(17)19(23)27-2)12-20-18-6-4-15(13-21-18)29(24,25)22-7-9-28-10-8-22/h3-6,11,13H,7-10,12H2,1-2H3,(H,20,21). The maximum absolute atomic E-state index is 12.6. The number of carbonyl (C=O) groups is 1. The zero-order valence-corrected chi connectivity index (χ0v) is 17.1. The number of anilines is 1. The number of pyridine rings is 1. The first kappa shape index (κ1) is 21.0. The molecule has 0 aliphatic carbocycles. The highest BCUT2D eigenvalue weighted by molar-refractivity contribution is 7.89. The topological polar surface area (TPSA) is 107 Å². The minimum atomic E-state index is -3.57. The van der Waals surface area contributed by atoms with Gasteiger partial charge in [-0.1, -0.05) is 6.07 Å². The number of nitrogens with one attached hydrogen (secondary N) is 1. The van der Waals surface area contributed by atoms with Gasteiger partial charge in [0.25, 0.3) is 0 Å². The molecule has 3 rings (SSSR count). The van der Waals surface area contributed by atoms with Crippen LogP contribution in [0.15, 0.2) is 41.4 Å². The number of morpholine rings is 1. The predicted octanol–water partition coefficient (Wildman–Crippen LogP) is 1.51. The molecule has 0 atom stereocenters. The van der Waals surface area contributed by atoms with Crippen molar-refractivity contribution in [3.05, 3.63) is 47.7 Å². The Morgan fingerprint density at radius 1 is 1.21 bits per heavy atom. The molecule has 9 nitrogen and oxygen atoms in total. The van der Waals surface area contributed by atoms with Crippen molar-refractivity contribution in [2.75, 3.05) is 45.8 Å². The molecule has 1 saturated heterocycles. The SMILES string of the molecule is COC(=O)c1cc(CNc2ccc(S(=O)(=O)N3CCOCC3)cn2)ccc1OC. The van der Waals surface area contributed by atoms with Gasteiger partial charge in [0.15, 0.2) is 0 Å². The van der Waals surface area contributed by atoms with Crippen LogP contribution >= 0.6 is 0 Å². The van der Waals surface area contributed by atoms with E-state index >= 15 is 0 Å². The maximum atomic E-state index is 12.6. The van der Waals surface area contributed by atoms with Crippen molar-refractivity contribution in [3.8, 4) is 5.75 Å². The number of rotatable bonds is 7. The van der Waals surface area contributed by atoms with Crippen molar-refractivity contribution >= 4 is 21.8 Å². The van der Waals surface area contributed by atoms with Crippen molar-refractivity contribution in [3.63, 3.8) is 0 Å². The number of aromatic nitrogens is 1. The third-order valence-corrected chi connectivity index (χ3v) is 6.37. The lowest BCUT2D eigenvalue weighted by molar-refractivity contribution is 0.0597. The molecule has 0 unspecified atom stereocenters. The summed E-state index contributed by atoms with van der Waals surface area (Å²) >= 11 is 0. The van der Waals surface area contributed by atoms with Gasteiger partial charge in [-0.25, -0.2) is 18.2 Å². The van der Waals surface area contributed by atoms with Crippen molar-refractivity contribution < 1.29 is 27.4 Å². The fourth-order valence-electron chi connectivity index (χ4n) is 2.90. The van der Waals surface area contributed by atoms with Crippen LogP contribution in [0.5, 0.6) is 5.75 Å². The van der Waals surface area contributed by atoms with Gasteiger partial charge in [0.05, 0.1) is 27.4 Å². The lowest BCUT2D eigenvalue weighted by Gasteiger charge is -2.25. The Hall–Kier alpha value is -2.69. The summed E-state index contributed by atoms with van der Waals surface area (Å²) < 4.78 is 41.8. The van der Waals surface area contributed by atoms with Crippen LogP contribution in [0, 0.1) is 0 Å². The van der Waals surface area contributed by atoms with E-state index in [1.165, 1.54) is 30.8 Å². The summed E-state index contributed by atoms with van der Waals surface area (Å²) in [4.78, 5) is 16.2. The number of ether oxygens (including phenoxy) is 3. The minimum absolute atomic E-state index is 0.141. The Kier molecular flexibility index (Phi) is 6.68. The van der Waals surface area contributed by atoms with Gasteiger partial charge in [-0.2, -0.15) is 4.31 Å². The molecule has 2 aromatic rings. The largest absolute Gasteiger partial charge is 0.496 e. The number of nitrogens with zero attached hydrogens (tertiary/aromatic N) is 2. The highest BCUT2D eigenvalue weighted by Crippen LogP contribution is 2.22. The van der Waals surface area contributed by atoms with Crippen molar-refractivity contribution in [2.24, 2.45) is 0 Å². The number of methoxy groups -OCH3 is 2. The first-order valence-electron chi connectivity index (χ1n) is 8.99. The molecule has 0 radical (unpaired) electrons. The Bertz CT molecular complexity index is 956. The van der Waals surface area contributed by atoms with E-state index in [4.69, 9.17) is 14.2 Å². The van der Waals surface area contributed by atoms with Crippen molar-refractivity contribution in [1.82, 2.24) is 9.29 Å². The van der Waals surface area contributed by atoms with Gasteiger partial charge in [0.1, 0.15) is 22.0 Å². The van der Waals surface area contributed by atoms with Gasteiger partial charge in [0.2, 0.25) is 10.0 Å². The molecule has 156 valence electrons. The lowest BCUT2D eigenvalue weighted by atomic mass is 10.1. The average molecular weight is 421 g/mol. The summed E-state index contributed by atoms with van der Waals surface area (Å²) in [7, 11) is -0.783. The average Bonchev–Trinajstić information content (AvgIpc) is 2.77. The van der Waals surface area contributed by atoms with Gasteiger partial charge < -0.3 is 19.5 Å². The van der Waals surface area contributed by atoms with Crippen molar-refractivity contribution in [2.45, 2.75) is 11.4 Å². The van der Waals surface area contributed by atoms with E-state index in [9.17, 15) is 13.2 Å². The Morgan fingerprint density at radius 3 is 2.59 bits per heavy atom. The van der Waals surface area contributed by atoms with Gasteiger partial charge >= 0.3 is 5.97 Å². The van der Waals surface area contributed by atoms with Crippen LogP contribution in [-0.4, -0.2) is 64.2 Å². The van der Waals surface area contributed by atoms with Crippen LogP contribution in [0.4, 0.5) is 5.82 Å². The molecule has 0 bridgehead atoms. The third-order valence-electron chi connectivity index (χ3n) is 4.49. The maximum Gasteiger partial charge on any atom is 0.341 e. The summed E-state index contributed by atoms with van der Waals surface area (Å²) in [5, 5.41) is 3.11. The fraction of sp³-hybridized carbons (Fsp3) is 0.368. The molecule has 10 heteroatoms. The third kappa shape index (κ3) is 4.84. The Balaban J connectivity index is 1.68. The van der Waals surface area contributed by atoms with Crippen LogP contribution in [0.25, 0.3) is 0 Å². The van der Waals surface area contributed by atoms with Crippen molar-refractivity contribution in [1.29, 1.82) is 0 Å². The first-order chi connectivity index (χ1) is 14.0. The van der Waals surface area contributed by atoms with E-state index in [-0.39, 0.29) is 4.90 Å². The van der Waals surface area contributed by atoms with Gasteiger partial charge in [-0.3, -0.25) is 0 Å².